The minimum atomic E-state index is -0.0419. The molecule has 4 aromatic rings. The Balaban J connectivity index is 1.92. The van der Waals surface area contributed by atoms with E-state index in [0.717, 1.165) is 16.5 Å². The number of rotatable bonds is 4. The van der Waals surface area contributed by atoms with Crippen LogP contribution in [0.3, 0.4) is 0 Å². The van der Waals surface area contributed by atoms with Crippen molar-refractivity contribution in [3.63, 3.8) is 0 Å². The van der Waals surface area contributed by atoms with Crippen LogP contribution in [0.25, 0.3) is 16.0 Å². The fourth-order valence-electron chi connectivity index (χ4n) is 2.89. The number of hydrogen-bond acceptors (Lipinski definition) is 4. The van der Waals surface area contributed by atoms with Gasteiger partial charge in [-0.1, -0.05) is 17.5 Å². The molecule has 0 fully saturated rings. The number of thiazole rings is 1. The average Bonchev–Trinajstić information content (AvgIpc) is 3.30. The van der Waals surface area contributed by atoms with Gasteiger partial charge < -0.3 is 4.57 Å². The van der Waals surface area contributed by atoms with E-state index in [4.69, 9.17) is 18.0 Å². The molecular weight excluding hydrogens is 368 g/mol. The first-order valence-corrected chi connectivity index (χ1v) is 9.10. The van der Waals surface area contributed by atoms with Crippen LogP contribution in [0.1, 0.15) is 11.4 Å². The Morgan fingerprint density at radius 2 is 2.15 bits per heavy atom. The smallest absolute Gasteiger partial charge is 0.193 e. The van der Waals surface area contributed by atoms with Crippen molar-refractivity contribution in [2.45, 2.75) is 13.0 Å². The minimum Gasteiger partial charge on any atom is -0.323 e. The van der Waals surface area contributed by atoms with E-state index < -0.39 is 0 Å². The van der Waals surface area contributed by atoms with E-state index in [-0.39, 0.29) is 5.43 Å². The number of aromatic nitrogens is 4. The zero-order valence-corrected chi connectivity index (χ0v) is 15.2. The molecule has 5 nitrogen and oxygen atoms in total. The standard InChI is InChI=1S/C19H13ClN4OS/c1-2-7-23-8-5-21-17(23)10-13-12-24(19-22-6-9-26-19)16-11-14(20)3-4-15(16)18(13)25/h1,3-6,8-9,11-12H,7,10H2. The van der Waals surface area contributed by atoms with E-state index in [1.807, 2.05) is 26.9 Å². The van der Waals surface area contributed by atoms with E-state index in [2.05, 4.69) is 15.9 Å². The lowest BCUT2D eigenvalue weighted by atomic mass is 10.1. The minimum absolute atomic E-state index is 0.0419. The molecule has 0 spiro atoms. The third-order valence-corrected chi connectivity index (χ3v) is 5.08. The van der Waals surface area contributed by atoms with E-state index in [1.165, 1.54) is 11.3 Å². The van der Waals surface area contributed by atoms with E-state index in [9.17, 15) is 4.79 Å². The number of fused-ring (bicyclic) bond motifs is 1. The number of hydrogen-bond donors (Lipinski definition) is 0. The van der Waals surface area contributed by atoms with Gasteiger partial charge in [-0.2, -0.15) is 0 Å². The third kappa shape index (κ3) is 2.92. The van der Waals surface area contributed by atoms with Gasteiger partial charge in [-0.15, -0.1) is 17.8 Å². The summed E-state index contributed by atoms with van der Waals surface area (Å²) in [6.07, 6.45) is 12.8. The Kier molecular flexibility index (Phi) is 4.33. The molecule has 0 radical (unpaired) electrons. The predicted octanol–water partition coefficient (Wildman–Crippen LogP) is 3.52. The van der Waals surface area contributed by atoms with Gasteiger partial charge in [0.15, 0.2) is 10.6 Å². The lowest BCUT2D eigenvalue weighted by Crippen LogP contribution is -2.16. The first-order valence-electron chi connectivity index (χ1n) is 7.84. The number of nitrogens with zero attached hydrogens (tertiary/aromatic N) is 4. The number of imidazole rings is 1. The van der Waals surface area contributed by atoms with Gasteiger partial charge in [0.2, 0.25) is 0 Å². The number of halogens is 1. The van der Waals surface area contributed by atoms with Crippen LogP contribution in [-0.4, -0.2) is 19.1 Å². The van der Waals surface area contributed by atoms with Crippen LogP contribution in [-0.2, 0) is 13.0 Å². The molecule has 7 heteroatoms. The molecular formula is C19H13ClN4OS. The highest BCUT2D eigenvalue weighted by Crippen LogP contribution is 2.23. The molecule has 0 amide bonds. The molecule has 0 saturated carbocycles. The molecule has 0 atom stereocenters. The van der Waals surface area contributed by atoms with Gasteiger partial charge in [-0.25, -0.2) is 9.97 Å². The Morgan fingerprint density at radius 1 is 1.27 bits per heavy atom. The predicted molar refractivity (Wildman–Crippen MR) is 104 cm³/mol. The van der Waals surface area contributed by atoms with Gasteiger partial charge >= 0.3 is 0 Å². The molecule has 0 bridgehead atoms. The highest BCUT2D eigenvalue weighted by atomic mass is 35.5. The van der Waals surface area contributed by atoms with Crippen molar-refractivity contribution in [1.29, 1.82) is 0 Å². The summed E-state index contributed by atoms with van der Waals surface area (Å²) in [7, 11) is 0. The van der Waals surface area contributed by atoms with Crippen molar-refractivity contribution < 1.29 is 0 Å². The first-order chi connectivity index (χ1) is 12.7. The molecule has 26 heavy (non-hydrogen) atoms. The summed E-state index contributed by atoms with van der Waals surface area (Å²) < 4.78 is 3.76. The molecule has 1 aromatic carbocycles. The molecule has 0 saturated heterocycles. The van der Waals surface area contributed by atoms with Crippen molar-refractivity contribution in [2.75, 3.05) is 0 Å². The van der Waals surface area contributed by atoms with Gasteiger partial charge in [0.1, 0.15) is 5.82 Å². The highest BCUT2D eigenvalue weighted by Gasteiger charge is 2.14. The number of benzene rings is 1. The maximum Gasteiger partial charge on any atom is 0.193 e. The van der Waals surface area contributed by atoms with Crippen LogP contribution in [0, 0.1) is 12.3 Å². The molecule has 3 heterocycles. The monoisotopic (exact) mass is 380 g/mol. The lowest BCUT2D eigenvalue weighted by molar-refractivity contribution is 0.768. The van der Waals surface area contributed by atoms with Crippen LogP contribution in [0.2, 0.25) is 5.02 Å². The summed E-state index contributed by atoms with van der Waals surface area (Å²) in [4.78, 5) is 21.7. The first kappa shape index (κ1) is 16.6. The fourth-order valence-corrected chi connectivity index (χ4v) is 3.69. The maximum atomic E-state index is 13.0. The second-order valence-electron chi connectivity index (χ2n) is 5.68. The van der Waals surface area contributed by atoms with Crippen LogP contribution in [0.5, 0.6) is 0 Å². The summed E-state index contributed by atoms with van der Waals surface area (Å²) in [6.45, 7) is 0.416. The molecule has 128 valence electrons. The van der Waals surface area contributed by atoms with Crippen molar-refractivity contribution in [3.8, 4) is 17.5 Å². The van der Waals surface area contributed by atoms with Gasteiger partial charge in [-0.05, 0) is 18.2 Å². The zero-order valence-electron chi connectivity index (χ0n) is 13.6. The Hall–Kier alpha value is -2.88. The second-order valence-corrected chi connectivity index (χ2v) is 6.99. The molecule has 0 aliphatic heterocycles. The highest BCUT2D eigenvalue weighted by molar-refractivity contribution is 7.12. The number of terminal acetylenes is 1. The van der Waals surface area contributed by atoms with Crippen molar-refractivity contribution >= 4 is 33.8 Å². The normalized spacial score (nSPS) is 10.9. The Morgan fingerprint density at radius 3 is 2.92 bits per heavy atom. The fraction of sp³-hybridized carbons (Fsp3) is 0.105. The lowest BCUT2D eigenvalue weighted by Gasteiger charge is -2.12. The van der Waals surface area contributed by atoms with Crippen LogP contribution in [0.4, 0.5) is 0 Å². The Labute approximate surface area is 158 Å². The maximum absolute atomic E-state index is 13.0. The molecule has 0 N–H and O–H groups in total. The largest absolute Gasteiger partial charge is 0.323 e. The summed E-state index contributed by atoms with van der Waals surface area (Å²) in [5.41, 5.74) is 1.31. The summed E-state index contributed by atoms with van der Waals surface area (Å²) in [5, 5.41) is 3.82. The van der Waals surface area contributed by atoms with Crippen LogP contribution >= 0.6 is 22.9 Å². The molecule has 0 unspecified atom stereocenters. The summed E-state index contributed by atoms with van der Waals surface area (Å²) >= 11 is 7.64. The SMILES string of the molecule is C#CCn1ccnc1Cc1cn(-c2nccs2)c2cc(Cl)ccc2c1=O. The van der Waals surface area contributed by atoms with Crippen molar-refractivity contribution in [2.24, 2.45) is 0 Å². The average molecular weight is 381 g/mol. The van der Waals surface area contributed by atoms with Gasteiger partial charge in [0.25, 0.3) is 0 Å². The number of pyridine rings is 1. The molecule has 0 aliphatic rings. The van der Waals surface area contributed by atoms with Gasteiger partial charge in [-0.3, -0.25) is 9.36 Å². The zero-order chi connectivity index (χ0) is 18.1. The summed E-state index contributed by atoms with van der Waals surface area (Å²) in [5.74, 6) is 3.35. The van der Waals surface area contributed by atoms with E-state index >= 15 is 0 Å². The Bertz CT molecular complexity index is 1180. The van der Waals surface area contributed by atoms with Crippen LogP contribution in [0.15, 0.2) is 53.2 Å². The van der Waals surface area contributed by atoms with E-state index in [1.54, 1.807) is 30.6 Å². The van der Waals surface area contributed by atoms with Gasteiger partial charge in [0.05, 0.1) is 12.1 Å². The quantitative estimate of drug-likeness (QED) is 0.509. The van der Waals surface area contributed by atoms with Crippen molar-refractivity contribution in [1.82, 2.24) is 19.1 Å². The topological polar surface area (TPSA) is 52.7 Å². The summed E-state index contributed by atoms with van der Waals surface area (Å²) in [6, 6.07) is 5.25. The molecule has 0 aliphatic carbocycles. The second kappa shape index (κ2) is 6.79. The van der Waals surface area contributed by atoms with Crippen LogP contribution < -0.4 is 5.43 Å². The van der Waals surface area contributed by atoms with Gasteiger partial charge in [0, 0.05) is 52.6 Å². The van der Waals surface area contributed by atoms with E-state index in [0.29, 0.717) is 28.9 Å². The molecule has 4 rings (SSSR count). The molecule has 3 aromatic heterocycles. The third-order valence-electron chi connectivity index (χ3n) is 4.08. The van der Waals surface area contributed by atoms with Crippen molar-refractivity contribution in [3.05, 3.63) is 75.0 Å².